The Kier molecular flexibility index (Phi) is 4.19. The lowest BCUT2D eigenvalue weighted by Gasteiger charge is -2.40. The molecule has 0 bridgehead atoms. The van der Waals surface area contributed by atoms with Gasteiger partial charge in [0, 0.05) is 13.1 Å². The van der Waals surface area contributed by atoms with E-state index in [1.54, 1.807) is 6.92 Å². The number of nitrogens with one attached hydrogen (secondary N) is 1. The van der Waals surface area contributed by atoms with Crippen molar-refractivity contribution in [3.8, 4) is 0 Å². The molecule has 1 aliphatic rings. The number of amidine groups is 1. The van der Waals surface area contributed by atoms with Crippen molar-refractivity contribution in [3.05, 3.63) is 10.6 Å². The number of aromatic nitrogens is 2. The molecule has 1 aliphatic heterocycles. The Hall–Kier alpha value is -1.74. The molecule has 8 nitrogen and oxygen atoms in total. The van der Waals surface area contributed by atoms with Gasteiger partial charge in [-0.25, -0.2) is 0 Å². The van der Waals surface area contributed by atoms with Gasteiger partial charge in [0.15, 0.2) is 5.84 Å². The van der Waals surface area contributed by atoms with E-state index in [2.05, 4.69) is 25.0 Å². The second kappa shape index (κ2) is 5.71. The molecule has 1 fully saturated rings. The van der Waals surface area contributed by atoms with Crippen molar-refractivity contribution in [2.75, 3.05) is 20.1 Å². The maximum absolute atomic E-state index is 12.3. The second-order valence-corrected chi connectivity index (χ2v) is 5.77. The van der Waals surface area contributed by atoms with E-state index in [1.165, 1.54) is 0 Å². The lowest BCUT2D eigenvalue weighted by atomic mass is 9.86. The lowest BCUT2D eigenvalue weighted by Crippen LogP contribution is -2.62. The van der Waals surface area contributed by atoms with Crippen LogP contribution in [0.4, 0.5) is 0 Å². The molecule has 1 saturated heterocycles. The molecule has 20 heavy (non-hydrogen) atoms. The van der Waals surface area contributed by atoms with E-state index in [9.17, 15) is 4.79 Å². The van der Waals surface area contributed by atoms with E-state index in [1.807, 2.05) is 7.05 Å². The molecule has 0 aromatic carbocycles. The second-order valence-electron chi connectivity index (χ2n) is 5.01. The molecule has 110 valence electrons. The average Bonchev–Trinajstić information content (AvgIpc) is 2.87. The van der Waals surface area contributed by atoms with Gasteiger partial charge in [-0.05, 0) is 38.3 Å². The highest BCUT2D eigenvalue weighted by molar-refractivity contribution is 7.08. The molecule has 0 radical (unpaired) electrons. The molecule has 4 N–H and O–H groups in total. The Morgan fingerprint density at radius 3 is 2.70 bits per heavy atom. The molecule has 0 saturated carbocycles. The lowest BCUT2D eigenvalue weighted by molar-refractivity contribution is 0.0889. The summed E-state index contributed by atoms with van der Waals surface area (Å²) in [6.45, 7) is 3.25. The van der Waals surface area contributed by atoms with Gasteiger partial charge in [0.25, 0.3) is 5.91 Å². The fraction of sp³-hybridized carbons (Fsp3) is 0.636. The minimum atomic E-state index is -0.811. The van der Waals surface area contributed by atoms with Gasteiger partial charge >= 0.3 is 0 Å². The largest absolute Gasteiger partial charge is 0.409 e. The highest BCUT2D eigenvalue weighted by atomic mass is 32.1. The Morgan fingerprint density at radius 1 is 1.55 bits per heavy atom. The number of piperidine rings is 1. The van der Waals surface area contributed by atoms with E-state index < -0.39 is 5.54 Å². The topological polar surface area (TPSA) is 117 Å². The van der Waals surface area contributed by atoms with Crippen molar-refractivity contribution in [3.63, 3.8) is 0 Å². The van der Waals surface area contributed by atoms with Crippen molar-refractivity contribution >= 4 is 23.3 Å². The van der Waals surface area contributed by atoms with Gasteiger partial charge in [0.1, 0.15) is 10.4 Å². The van der Waals surface area contributed by atoms with E-state index in [0.717, 1.165) is 24.6 Å². The quantitative estimate of drug-likeness (QED) is 0.307. The zero-order valence-corrected chi connectivity index (χ0v) is 12.3. The molecule has 9 heteroatoms. The summed E-state index contributed by atoms with van der Waals surface area (Å²) < 4.78 is 3.75. The molecular formula is C11H18N6O2S. The van der Waals surface area contributed by atoms with Crippen LogP contribution in [0.15, 0.2) is 5.16 Å². The molecule has 2 rings (SSSR count). The zero-order chi connectivity index (χ0) is 14.8. The Labute approximate surface area is 120 Å². The van der Waals surface area contributed by atoms with Gasteiger partial charge < -0.3 is 21.2 Å². The van der Waals surface area contributed by atoms with Crippen molar-refractivity contribution < 1.29 is 10.0 Å². The third-order valence-corrected chi connectivity index (χ3v) is 4.48. The number of amides is 1. The fourth-order valence-corrected chi connectivity index (χ4v) is 2.81. The van der Waals surface area contributed by atoms with Crippen LogP contribution in [0, 0.1) is 6.92 Å². The van der Waals surface area contributed by atoms with E-state index in [-0.39, 0.29) is 11.7 Å². The minimum absolute atomic E-state index is 0.0362. The summed E-state index contributed by atoms with van der Waals surface area (Å²) in [7, 11) is 2.00. The summed E-state index contributed by atoms with van der Waals surface area (Å²) in [6.07, 6.45) is 1.19. The molecular weight excluding hydrogens is 280 g/mol. The smallest absolute Gasteiger partial charge is 0.265 e. The molecule has 0 spiro atoms. The molecule has 0 atom stereocenters. The van der Waals surface area contributed by atoms with Crippen LogP contribution in [0.2, 0.25) is 0 Å². The van der Waals surface area contributed by atoms with E-state index in [0.29, 0.717) is 23.4 Å². The van der Waals surface area contributed by atoms with Crippen LogP contribution in [-0.4, -0.2) is 57.1 Å². The van der Waals surface area contributed by atoms with Crippen molar-refractivity contribution in [1.29, 1.82) is 0 Å². The van der Waals surface area contributed by atoms with Gasteiger partial charge in [0.2, 0.25) is 0 Å². The van der Waals surface area contributed by atoms with Gasteiger partial charge in [-0.15, -0.1) is 5.10 Å². The summed E-state index contributed by atoms with van der Waals surface area (Å²) in [5.74, 6) is -0.247. The van der Waals surface area contributed by atoms with E-state index in [4.69, 9.17) is 10.9 Å². The normalized spacial score (nSPS) is 19.8. The number of carbonyl (C=O) groups is 1. The van der Waals surface area contributed by atoms with Gasteiger partial charge in [-0.3, -0.25) is 4.79 Å². The molecule has 2 heterocycles. The van der Waals surface area contributed by atoms with Crippen LogP contribution in [0.25, 0.3) is 0 Å². The summed E-state index contributed by atoms with van der Waals surface area (Å²) in [4.78, 5) is 14.9. The number of nitrogens with zero attached hydrogens (tertiary/aromatic N) is 4. The number of oxime groups is 1. The SMILES string of the molecule is Cc1nnsc1C(=O)NC1(C(N)=NO)CCN(C)CC1. The third kappa shape index (κ3) is 2.73. The first-order valence-electron chi connectivity index (χ1n) is 6.26. The first-order valence-corrected chi connectivity index (χ1v) is 7.04. The van der Waals surface area contributed by atoms with Crippen LogP contribution in [0.5, 0.6) is 0 Å². The van der Waals surface area contributed by atoms with E-state index >= 15 is 0 Å². The Bertz CT molecular complexity index is 521. The van der Waals surface area contributed by atoms with Crippen LogP contribution in [-0.2, 0) is 0 Å². The van der Waals surface area contributed by atoms with Gasteiger partial charge in [0.05, 0.1) is 5.69 Å². The third-order valence-electron chi connectivity index (χ3n) is 3.65. The molecule has 1 aromatic heterocycles. The van der Waals surface area contributed by atoms with Crippen LogP contribution in [0.3, 0.4) is 0 Å². The number of hydrogen-bond acceptors (Lipinski definition) is 7. The monoisotopic (exact) mass is 298 g/mol. The summed E-state index contributed by atoms with van der Waals surface area (Å²) in [6, 6.07) is 0. The number of likely N-dealkylation sites (tertiary alicyclic amines) is 1. The van der Waals surface area contributed by atoms with Crippen molar-refractivity contribution in [2.24, 2.45) is 10.9 Å². The van der Waals surface area contributed by atoms with Crippen LogP contribution < -0.4 is 11.1 Å². The van der Waals surface area contributed by atoms with Crippen molar-refractivity contribution in [2.45, 2.75) is 25.3 Å². The number of carbonyl (C=O) groups excluding carboxylic acids is 1. The highest BCUT2D eigenvalue weighted by Gasteiger charge is 2.40. The molecule has 1 amide bonds. The first kappa shape index (κ1) is 14.7. The Balaban J connectivity index is 2.21. The van der Waals surface area contributed by atoms with Crippen LogP contribution >= 0.6 is 11.5 Å². The van der Waals surface area contributed by atoms with Gasteiger partial charge in [-0.2, -0.15) is 0 Å². The molecule has 0 unspecified atom stereocenters. The standard InChI is InChI=1S/C11H18N6O2S/c1-7-8(20-16-14-7)9(18)13-11(10(12)15-19)3-5-17(2)6-4-11/h19H,3-6H2,1-2H3,(H2,12,15)(H,13,18). The number of rotatable bonds is 3. The Morgan fingerprint density at radius 2 is 2.20 bits per heavy atom. The highest BCUT2D eigenvalue weighted by Crippen LogP contribution is 2.23. The number of hydrogen-bond donors (Lipinski definition) is 3. The zero-order valence-electron chi connectivity index (χ0n) is 11.5. The maximum Gasteiger partial charge on any atom is 0.265 e. The first-order chi connectivity index (χ1) is 9.48. The van der Waals surface area contributed by atoms with Gasteiger partial charge in [-0.1, -0.05) is 9.64 Å². The predicted molar refractivity (Wildman–Crippen MR) is 75.0 cm³/mol. The predicted octanol–water partition coefficient (Wildman–Crippen LogP) is -0.213. The fourth-order valence-electron chi connectivity index (χ4n) is 2.25. The minimum Gasteiger partial charge on any atom is -0.409 e. The average molecular weight is 298 g/mol. The van der Waals surface area contributed by atoms with Crippen molar-refractivity contribution in [1.82, 2.24) is 19.8 Å². The summed E-state index contributed by atoms with van der Waals surface area (Å²) in [5, 5.41) is 18.8. The number of nitrogens with two attached hydrogens (primary N) is 1. The summed E-state index contributed by atoms with van der Waals surface area (Å²) in [5.41, 5.74) is 5.57. The van der Waals surface area contributed by atoms with Crippen LogP contribution in [0.1, 0.15) is 28.2 Å². The summed E-state index contributed by atoms with van der Waals surface area (Å²) >= 11 is 1.04. The number of aryl methyl sites for hydroxylation is 1. The maximum atomic E-state index is 12.3. The molecule has 0 aliphatic carbocycles. The molecule has 1 aromatic rings.